The molecule has 0 bridgehead atoms. The van der Waals surface area contributed by atoms with Crippen LogP contribution < -0.4 is 9.62 Å². The van der Waals surface area contributed by atoms with Gasteiger partial charge < -0.3 is 5.32 Å². The van der Waals surface area contributed by atoms with E-state index in [0.717, 1.165) is 15.4 Å². The van der Waals surface area contributed by atoms with Crippen LogP contribution in [0.3, 0.4) is 0 Å². The van der Waals surface area contributed by atoms with E-state index >= 15 is 0 Å². The van der Waals surface area contributed by atoms with E-state index in [-0.39, 0.29) is 17.3 Å². The highest BCUT2D eigenvalue weighted by Gasteiger charge is 2.35. The first kappa shape index (κ1) is 19.1. The number of amides is 1. The van der Waals surface area contributed by atoms with Gasteiger partial charge in [-0.3, -0.25) is 9.10 Å². The van der Waals surface area contributed by atoms with Gasteiger partial charge in [-0.15, -0.1) is 0 Å². The number of carbonyl (C=O) groups is 1. The highest BCUT2D eigenvalue weighted by Crippen LogP contribution is 2.42. The Morgan fingerprint density at radius 2 is 1.59 bits per heavy atom. The van der Waals surface area contributed by atoms with Crippen molar-refractivity contribution in [3.63, 3.8) is 0 Å². The van der Waals surface area contributed by atoms with E-state index in [0.29, 0.717) is 11.3 Å². The Morgan fingerprint density at radius 1 is 0.966 bits per heavy atom. The fourth-order valence-electron chi connectivity index (χ4n) is 3.50. The zero-order valence-corrected chi connectivity index (χ0v) is 16.5. The van der Waals surface area contributed by atoms with Gasteiger partial charge in [-0.1, -0.05) is 48.5 Å². The standard InChI is InChI=1S/C22H19FN2O3S/c1-15(16-10-12-17(23)13-11-16)24-22(26)14-25-20-8-4-2-6-18(20)19-7-3-5-9-21(19)29(25,27)28/h2-13,15H,14H2,1H3,(H,24,26)/t15-/m0/s1. The van der Waals surface area contributed by atoms with Crippen molar-refractivity contribution in [2.24, 2.45) is 0 Å². The van der Waals surface area contributed by atoms with Crippen molar-refractivity contribution in [3.8, 4) is 11.1 Å². The lowest BCUT2D eigenvalue weighted by molar-refractivity contribution is -0.120. The molecular weight excluding hydrogens is 391 g/mol. The molecule has 4 rings (SSSR count). The maximum Gasteiger partial charge on any atom is 0.265 e. The number of nitrogens with one attached hydrogen (secondary N) is 1. The molecule has 0 aliphatic carbocycles. The van der Waals surface area contributed by atoms with Gasteiger partial charge in [-0.05, 0) is 36.8 Å². The van der Waals surface area contributed by atoms with E-state index in [1.807, 2.05) is 12.1 Å². The van der Waals surface area contributed by atoms with Gasteiger partial charge in [-0.25, -0.2) is 12.8 Å². The second-order valence-electron chi connectivity index (χ2n) is 6.87. The molecule has 148 valence electrons. The third kappa shape index (κ3) is 3.49. The summed E-state index contributed by atoms with van der Waals surface area (Å²) in [6.45, 7) is 1.41. The Kier molecular flexibility index (Phi) is 4.84. The van der Waals surface area contributed by atoms with Crippen LogP contribution in [0.25, 0.3) is 11.1 Å². The minimum Gasteiger partial charge on any atom is -0.348 e. The maximum atomic E-state index is 13.2. The van der Waals surface area contributed by atoms with Crippen LogP contribution in [0.4, 0.5) is 10.1 Å². The number of nitrogens with zero attached hydrogens (tertiary/aromatic N) is 1. The summed E-state index contributed by atoms with van der Waals surface area (Å²) in [4.78, 5) is 12.9. The highest BCUT2D eigenvalue weighted by molar-refractivity contribution is 7.93. The number of fused-ring (bicyclic) bond motifs is 3. The molecule has 1 aliphatic heterocycles. The Labute approximate surface area is 168 Å². The van der Waals surface area contributed by atoms with Crippen molar-refractivity contribution >= 4 is 21.6 Å². The fourth-order valence-corrected chi connectivity index (χ4v) is 5.15. The molecule has 29 heavy (non-hydrogen) atoms. The Hall–Kier alpha value is -3.19. The van der Waals surface area contributed by atoms with E-state index in [1.54, 1.807) is 55.5 Å². The van der Waals surface area contributed by atoms with Crippen molar-refractivity contribution in [1.82, 2.24) is 5.32 Å². The van der Waals surface area contributed by atoms with Gasteiger partial charge >= 0.3 is 0 Å². The van der Waals surface area contributed by atoms with Crippen LogP contribution in [0.1, 0.15) is 18.5 Å². The zero-order valence-electron chi connectivity index (χ0n) is 15.7. The number of hydrogen-bond acceptors (Lipinski definition) is 3. The molecule has 0 saturated carbocycles. The van der Waals surface area contributed by atoms with Gasteiger partial charge in [0.1, 0.15) is 12.4 Å². The van der Waals surface area contributed by atoms with Crippen LogP contribution in [0, 0.1) is 5.82 Å². The minimum atomic E-state index is -3.87. The summed E-state index contributed by atoms with van der Waals surface area (Å²) in [6.07, 6.45) is 0. The van der Waals surface area contributed by atoms with Crippen molar-refractivity contribution in [3.05, 3.63) is 84.2 Å². The van der Waals surface area contributed by atoms with Crippen LogP contribution in [-0.2, 0) is 14.8 Å². The second kappa shape index (κ2) is 7.33. The summed E-state index contributed by atoms with van der Waals surface area (Å²) in [5.74, 6) is -0.804. The molecule has 0 radical (unpaired) electrons. The lowest BCUT2D eigenvalue weighted by Gasteiger charge is -2.31. The molecule has 3 aromatic rings. The molecular formula is C22H19FN2O3S. The number of rotatable bonds is 4. The van der Waals surface area contributed by atoms with Crippen molar-refractivity contribution < 1.29 is 17.6 Å². The molecule has 1 atom stereocenters. The molecule has 1 heterocycles. The fraction of sp³-hybridized carbons (Fsp3) is 0.136. The average molecular weight is 410 g/mol. The predicted octanol–water partition coefficient (Wildman–Crippen LogP) is 3.88. The summed E-state index contributed by atoms with van der Waals surface area (Å²) in [5.41, 5.74) is 2.58. The summed E-state index contributed by atoms with van der Waals surface area (Å²) < 4.78 is 40.6. The van der Waals surface area contributed by atoms with Gasteiger partial charge in [0.15, 0.2) is 0 Å². The van der Waals surface area contributed by atoms with E-state index in [1.165, 1.54) is 12.1 Å². The summed E-state index contributed by atoms with van der Waals surface area (Å²) >= 11 is 0. The summed E-state index contributed by atoms with van der Waals surface area (Å²) in [5, 5.41) is 2.79. The zero-order chi connectivity index (χ0) is 20.6. The van der Waals surface area contributed by atoms with E-state index in [2.05, 4.69) is 5.32 Å². The van der Waals surface area contributed by atoms with Gasteiger partial charge in [0.25, 0.3) is 10.0 Å². The Morgan fingerprint density at radius 3 is 2.31 bits per heavy atom. The molecule has 7 heteroatoms. The first-order valence-corrected chi connectivity index (χ1v) is 10.6. The summed E-state index contributed by atoms with van der Waals surface area (Å²) in [7, 11) is -3.87. The minimum absolute atomic E-state index is 0.179. The third-order valence-electron chi connectivity index (χ3n) is 4.95. The molecule has 1 aliphatic rings. The monoisotopic (exact) mass is 410 g/mol. The first-order valence-electron chi connectivity index (χ1n) is 9.14. The van der Waals surface area contributed by atoms with Gasteiger partial charge in [0, 0.05) is 11.1 Å². The number of benzene rings is 3. The highest BCUT2D eigenvalue weighted by atomic mass is 32.2. The van der Waals surface area contributed by atoms with Gasteiger partial charge in [0.2, 0.25) is 5.91 Å². The van der Waals surface area contributed by atoms with Crippen LogP contribution in [0.5, 0.6) is 0 Å². The van der Waals surface area contributed by atoms with E-state index in [9.17, 15) is 17.6 Å². The number of para-hydroxylation sites is 1. The smallest absolute Gasteiger partial charge is 0.265 e. The van der Waals surface area contributed by atoms with Gasteiger partial charge in [-0.2, -0.15) is 0 Å². The number of anilines is 1. The molecule has 3 aromatic carbocycles. The summed E-state index contributed by atoms with van der Waals surface area (Å²) in [6, 6.07) is 19.3. The first-order chi connectivity index (χ1) is 13.9. The Balaban J connectivity index is 1.63. The normalized spacial score (nSPS) is 15.2. The van der Waals surface area contributed by atoms with E-state index < -0.39 is 22.0 Å². The maximum absolute atomic E-state index is 13.2. The molecule has 5 nitrogen and oxygen atoms in total. The molecule has 1 N–H and O–H groups in total. The van der Waals surface area contributed by atoms with Crippen LogP contribution in [0.15, 0.2) is 77.7 Å². The van der Waals surface area contributed by atoms with Crippen molar-refractivity contribution in [2.75, 3.05) is 10.8 Å². The Bertz CT molecular complexity index is 1180. The average Bonchev–Trinajstić information content (AvgIpc) is 2.72. The molecule has 0 unspecified atom stereocenters. The molecule has 0 fully saturated rings. The number of sulfonamides is 1. The van der Waals surface area contributed by atoms with Crippen LogP contribution >= 0.6 is 0 Å². The van der Waals surface area contributed by atoms with E-state index in [4.69, 9.17) is 0 Å². The molecule has 0 spiro atoms. The third-order valence-corrected chi connectivity index (χ3v) is 6.77. The molecule has 0 aromatic heterocycles. The SMILES string of the molecule is C[C@H](NC(=O)CN1c2ccccc2-c2ccccc2S1(=O)=O)c1ccc(F)cc1. The van der Waals surface area contributed by atoms with Crippen molar-refractivity contribution in [1.29, 1.82) is 0 Å². The lowest BCUT2D eigenvalue weighted by Crippen LogP contribution is -2.43. The largest absolute Gasteiger partial charge is 0.348 e. The predicted molar refractivity (Wildman–Crippen MR) is 109 cm³/mol. The lowest BCUT2D eigenvalue weighted by atomic mass is 10.0. The van der Waals surface area contributed by atoms with Gasteiger partial charge in [0.05, 0.1) is 16.6 Å². The quantitative estimate of drug-likeness (QED) is 0.710. The van der Waals surface area contributed by atoms with Crippen LogP contribution in [-0.4, -0.2) is 20.9 Å². The second-order valence-corrected chi connectivity index (χ2v) is 8.70. The number of carbonyl (C=O) groups excluding carboxylic acids is 1. The number of halogens is 1. The van der Waals surface area contributed by atoms with Crippen molar-refractivity contribution in [2.45, 2.75) is 17.9 Å². The number of hydrogen-bond donors (Lipinski definition) is 1. The molecule has 1 amide bonds. The molecule has 0 saturated heterocycles. The topological polar surface area (TPSA) is 66.5 Å². The van der Waals surface area contributed by atoms with Crippen LogP contribution in [0.2, 0.25) is 0 Å².